The number of fused-ring (bicyclic) bond motifs is 1. The molecule has 1 atom stereocenters. The van der Waals surface area contributed by atoms with Crippen molar-refractivity contribution in [2.45, 2.75) is 25.4 Å². The van der Waals surface area contributed by atoms with Crippen molar-refractivity contribution in [3.63, 3.8) is 0 Å². The minimum atomic E-state index is -0.627. The molecule has 118 valence electrons. The maximum absolute atomic E-state index is 12.2. The lowest BCUT2D eigenvalue weighted by Gasteiger charge is -2.16. The number of hydrogen-bond donors (Lipinski definition) is 0. The Morgan fingerprint density at radius 3 is 2.32 bits per heavy atom. The zero-order valence-corrected chi connectivity index (χ0v) is 12.8. The summed E-state index contributed by atoms with van der Waals surface area (Å²) in [7, 11) is 3.95. The molecule has 0 aromatic heterocycles. The fourth-order valence-corrected chi connectivity index (χ4v) is 2.71. The van der Waals surface area contributed by atoms with Crippen molar-refractivity contribution in [3.05, 3.63) is 34.4 Å². The van der Waals surface area contributed by atoms with E-state index < -0.39 is 18.0 Å². The van der Waals surface area contributed by atoms with Gasteiger partial charge < -0.3 is 14.2 Å². The smallest absolute Gasteiger partial charge is 0.339 e. The lowest BCUT2D eigenvalue weighted by Crippen LogP contribution is -2.25. The molecule has 0 N–H and O–H groups in total. The maximum Gasteiger partial charge on any atom is 0.339 e. The third-order valence-corrected chi connectivity index (χ3v) is 3.88. The second kappa shape index (κ2) is 6.70. The Kier molecular flexibility index (Phi) is 4.92. The number of ketones is 1. The minimum Gasteiger partial charge on any atom is -0.465 e. The molecule has 0 saturated carbocycles. The highest BCUT2D eigenvalue weighted by molar-refractivity contribution is 6.04. The Hall–Kier alpha value is -2.21. The van der Waals surface area contributed by atoms with Crippen molar-refractivity contribution < 1.29 is 28.6 Å². The van der Waals surface area contributed by atoms with Gasteiger partial charge in [0.15, 0.2) is 5.78 Å². The molecule has 0 fully saturated rings. The molecular weight excluding hydrogens is 288 g/mol. The number of ether oxygens (including phenoxy) is 3. The van der Waals surface area contributed by atoms with Crippen LogP contribution in [0.15, 0.2) is 12.1 Å². The van der Waals surface area contributed by atoms with E-state index in [2.05, 4.69) is 0 Å². The van der Waals surface area contributed by atoms with Gasteiger partial charge in [-0.2, -0.15) is 0 Å². The van der Waals surface area contributed by atoms with Crippen LogP contribution in [0.3, 0.4) is 0 Å². The van der Waals surface area contributed by atoms with Crippen LogP contribution in [0.1, 0.15) is 38.3 Å². The number of esters is 2. The molecule has 0 bridgehead atoms. The van der Waals surface area contributed by atoms with Crippen LogP contribution in [0.4, 0.5) is 0 Å². The summed E-state index contributed by atoms with van der Waals surface area (Å²) in [6, 6.07) is 3.29. The largest absolute Gasteiger partial charge is 0.465 e. The molecule has 1 aromatic rings. The Bertz CT molecular complexity index is 619. The molecular formula is C16H18O6. The van der Waals surface area contributed by atoms with Gasteiger partial charge in [-0.05, 0) is 23.6 Å². The first kappa shape index (κ1) is 16.2. The topological polar surface area (TPSA) is 78.9 Å². The van der Waals surface area contributed by atoms with Gasteiger partial charge in [0.2, 0.25) is 0 Å². The molecule has 0 spiro atoms. The summed E-state index contributed by atoms with van der Waals surface area (Å²) in [4.78, 5) is 36.1. The number of methoxy groups -OCH3 is 3. The lowest BCUT2D eigenvalue weighted by atomic mass is 9.92. The molecule has 0 amide bonds. The highest BCUT2D eigenvalue weighted by Crippen LogP contribution is 2.27. The van der Waals surface area contributed by atoms with Crippen LogP contribution in [0.5, 0.6) is 0 Å². The van der Waals surface area contributed by atoms with Crippen LogP contribution in [0.25, 0.3) is 0 Å². The summed E-state index contributed by atoms with van der Waals surface area (Å²) in [6.07, 6.45) is 0.445. The van der Waals surface area contributed by atoms with Crippen LogP contribution in [-0.4, -0.2) is 45.2 Å². The third-order valence-electron chi connectivity index (χ3n) is 3.88. The summed E-state index contributed by atoms with van der Waals surface area (Å²) in [6.45, 7) is 0. The van der Waals surface area contributed by atoms with E-state index >= 15 is 0 Å². The second-order valence-electron chi connectivity index (χ2n) is 5.00. The summed E-state index contributed by atoms with van der Waals surface area (Å²) in [5, 5.41) is 0. The van der Waals surface area contributed by atoms with Crippen LogP contribution < -0.4 is 0 Å². The lowest BCUT2D eigenvalue weighted by molar-refractivity contribution is -0.128. The van der Waals surface area contributed by atoms with E-state index in [1.807, 2.05) is 0 Å². The maximum atomic E-state index is 12.2. The molecule has 0 aliphatic heterocycles. The van der Waals surface area contributed by atoms with Gasteiger partial charge in [-0.25, -0.2) is 9.59 Å². The molecule has 1 unspecified atom stereocenters. The molecule has 6 heteroatoms. The van der Waals surface area contributed by atoms with Gasteiger partial charge in [-0.3, -0.25) is 4.79 Å². The van der Waals surface area contributed by atoms with Crippen LogP contribution in [0, 0.1) is 0 Å². The van der Waals surface area contributed by atoms with Gasteiger partial charge in [0, 0.05) is 20.0 Å². The van der Waals surface area contributed by atoms with Crippen molar-refractivity contribution in [1.82, 2.24) is 0 Å². The van der Waals surface area contributed by atoms with Crippen molar-refractivity contribution in [2.24, 2.45) is 0 Å². The number of carbonyl (C=O) groups is 3. The van der Waals surface area contributed by atoms with Gasteiger partial charge >= 0.3 is 11.9 Å². The SMILES string of the molecule is COC(=O)c1ccc2c(c1C(=O)OC)CC(OC)C(=O)CC2. The molecule has 1 aliphatic rings. The fraction of sp³-hybridized carbons (Fsp3) is 0.438. The average Bonchev–Trinajstić information content (AvgIpc) is 2.71. The van der Waals surface area contributed by atoms with E-state index in [0.717, 1.165) is 5.56 Å². The van der Waals surface area contributed by atoms with E-state index in [1.54, 1.807) is 6.07 Å². The number of benzene rings is 1. The number of rotatable bonds is 3. The van der Waals surface area contributed by atoms with Gasteiger partial charge in [-0.1, -0.05) is 6.07 Å². The first-order valence-corrected chi connectivity index (χ1v) is 6.90. The van der Waals surface area contributed by atoms with Crippen molar-refractivity contribution in [3.8, 4) is 0 Å². The first-order chi connectivity index (χ1) is 10.5. The van der Waals surface area contributed by atoms with Crippen LogP contribution in [0.2, 0.25) is 0 Å². The molecule has 0 heterocycles. The van der Waals surface area contributed by atoms with E-state index in [0.29, 0.717) is 18.4 Å². The highest BCUT2D eigenvalue weighted by atomic mass is 16.5. The fourth-order valence-electron chi connectivity index (χ4n) is 2.71. The molecule has 2 rings (SSSR count). The first-order valence-electron chi connectivity index (χ1n) is 6.90. The van der Waals surface area contributed by atoms with Crippen LogP contribution >= 0.6 is 0 Å². The van der Waals surface area contributed by atoms with Crippen molar-refractivity contribution in [2.75, 3.05) is 21.3 Å². The van der Waals surface area contributed by atoms with Crippen molar-refractivity contribution >= 4 is 17.7 Å². The van der Waals surface area contributed by atoms with Gasteiger partial charge in [0.25, 0.3) is 0 Å². The monoisotopic (exact) mass is 306 g/mol. The Morgan fingerprint density at radius 2 is 1.73 bits per heavy atom. The molecule has 6 nitrogen and oxygen atoms in total. The number of carbonyl (C=O) groups excluding carboxylic acids is 3. The summed E-state index contributed by atoms with van der Waals surface area (Å²) >= 11 is 0. The third kappa shape index (κ3) is 2.87. The zero-order valence-electron chi connectivity index (χ0n) is 12.8. The molecule has 1 aliphatic carbocycles. The molecule has 1 aromatic carbocycles. The van der Waals surface area contributed by atoms with Gasteiger partial charge in [0.1, 0.15) is 6.10 Å². The van der Waals surface area contributed by atoms with Crippen molar-refractivity contribution in [1.29, 1.82) is 0 Å². The number of aryl methyl sites for hydroxylation is 1. The Balaban J connectivity index is 2.63. The van der Waals surface area contributed by atoms with E-state index in [1.165, 1.54) is 27.4 Å². The standard InChI is InChI=1S/C16H18O6/c1-20-13-8-11-9(5-7-12(13)17)4-6-10(15(18)21-2)14(11)16(19)22-3/h4,6,13H,5,7-8H2,1-3H3. The number of Topliss-reactive ketones (excluding diaryl/α,β-unsaturated/α-hetero) is 1. The molecule has 0 radical (unpaired) electrons. The Labute approximate surface area is 128 Å². The molecule has 22 heavy (non-hydrogen) atoms. The highest BCUT2D eigenvalue weighted by Gasteiger charge is 2.30. The second-order valence-corrected chi connectivity index (χ2v) is 5.00. The van der Waals surface area contributed by atoms with E-state index in [9.17, 15) is 14.4 Å². The van der Waals surface area contributed by atoms with E-state index in [-0.39, 0.29) is 23.3 Å². The van der Waals surface area contributed by atoms with Gasteiger partial charge in [-0.15, -0.1) is 0 Å². The average molecular weight is 306 g/mol. The normalized spacial score (nSPS) is 17.4. The van der Waals surface area contributed by atoms with Gasteiger partial charge in [0.05, 0.1) is 25.3 Å². The summed E-state index contributed by atoms with van der Waals surface area (Å²) in [5.41, 5.74) is 1.76. The zero-order chi connectivity index (χ0) is 16.3. The summed E-state index contributed by atoms with van der Waals surface area (Å²) in [5.74, 6) is -1.26. The predicted molar refractivity (Wildman–Crippen MR) is 77.0 cm³/mol. The van der Waals surface area contributed by atoms with E-state index in [4.69, 9.17) is 14.2 Å². The summed E-state index contributed by atoms with van der Waals surface area (Å²) < 4.78 is 14.7. The number of hydrogen-bond acceptors (Lipinski definition) is 6. The molecule has 0 saturated heterocycles. The minimum absolute atomic E-state index is 0.0193. The quantitative estimate of drug-likeness (QED) is 0.619. The predicted octanol–water partition coefficient (Wildman–Crippen LogP) is 1.33. The Morgan fingerprint density at radius 1 is 1.05 bits per heavy atom. The van der Waals surface area contributed by atoms with Crippen LogP contribution in [-0.2, 0) is 31.8 Å².